The highest BCUT2D eigenvalue weighted by Gasteiger charge is 2.15. The van der Waals surface area contributed by atoms with Crippen LogP contribution in [0.5, 0.6) is 0 Å². The predicted molar refractivity (Wildman–Crippen MR) is 87.4 cm³/mol. The highest BCUT2D eigenvalue weighted by Crippen LogP contribution is 2.31. The molecule has 4 N–H and O–H groups in total. The number of H-pyrrole nitrogens is 2. The van der Waals surface area contributed by atoms with E-state index in [2.05, 4.69) is 15.0 Å². The van der Waals surface area contributed by atoms with Crippen molar-refractivity contribution in [2.45, 2.75) is 6.92 Å². The summed E-state index contributed by atoms with van der Waals surface area (Å²) in [4.78, 5) is 22.8. The molecule has 2 aromatic carbocycles. The van der Waals surface area contributed by atoms with Crippen molar-refractivity contribution in [3.05, 3.63) is 53.7 Å². The van der Waals surface area contributed by atoms with Crippen molar-refractivity contribution < 1.29 is 10.0 Å². The van der Waals surface area contributed by atoms with Gasteiger partial charge in [-0.15, -0.1) is 0 Å². The lowest BCUT2D eigenvalue weighted by Crippen LogP contribution is -2.18. The Labute approximate surface area is 131 Å². The van der Waals surface area contributed by atoms with E-state index in [-0.39, 0.29) is 0 Å². The lowest BCUT2D eigenvalue weighted by molar-refractivity contribution is 0.0706. The van der Waals surface area contributed by atoms with Crippen molar-refractivity contribution in [3.63, 3.8) is 0 Å². The number of carbonyl (C=O) groups excluding carboxylic acids is 1. The minimum absolute atomic E-state index is 0.367. The Balaban J connectivity index is 1.91. The third kappa shape index (κ3) is 2.08. The van der Waals surface area contributed by atoms with E-state index >= 15 is 0 Å². The fourth-order valence-electron chi connectivity index (χ4n) is 2.92. The van der Waals surface area contributed by atoms with Gasteiger partial charge in [-0.25, -0.2) is 10.5 Å². The van der Waals surface area contributed by atoms with Crippen LogP contribution >= 0.6 is 0 Å². The monoisotopic (exact) mass is 306 g/mol. The molecule has 4 rings (SSSR count). The second kappa shape index (κ2) is 4.96. The fraction of sp³-hybridized carbons (Fsp3) is 0.0588. The number of benzene rings is 2. The molecule has 0 fully saturated rings. The van der Waals surface area contributed by atoms with E-state index in [0.29, 0.717) is 5.56 Å². The Hall–Kier alpha value is -3.12. The maximum Gasteiger partial charge on any atom is 0.274 e. The zero-order valence-corrected chi connectivity index (χ0v) is 12.3. The van der Waals surface area contributed by atoms with Gasteiger partial charge >= 0.3 is 0 Å². The maximum absolute atomic E-state index is 11.5. The molecule has 6 heteroatoms. The normalized spacial score (nSPS) is 11.2. The number of rotatable bonds is 2. The molecule has 0 aliphatic rings. The van der Waals surface area contributed by atoms with Gasteiger partial charge in [0.25, 0.3) is 5.91 Å². The number of hydrogen-bond acceptors (Lipinski definition) is 3. The molecular formula is C17H14N4O2. The van der Waals surface area contributed by atoms with Gasteiger partial charge in [0.1, 0.15) is 5.82 Å². The molecule has 1 amide bonds. The molecule has 6 nitrogen and oxygen atoms in total. The lowest BCUT2D eigenvalue weighted by atomic mass is 10.1. The van der Waals surface area contributed by atoms with Gasteiger partial charge in [-0.05, 0) is 31.2 Å². The van der Waals surface area contributed by atoms with Crippen LogP contribution in [0.25, 0.3) is 33.3 Å². The van der Waals surface area contributed by atoms with Gasteiger partial charge in [0.05, 0.1) is 11.0 Å². The van der Waals surface area contributed by atoms with E-state index in [1.807, 2.05) is 31.2 Å². The van der Waals surface area contributed by atoms with Crippen molar-refractivity contribution in [1.82, 2.24) is 20.4 Å². The molecule has 0 aliphatic heterocycles. The number of para-hydroxylation sites is 1. The Morgan fingerprint density at radius 1 is 1.13 bits per heavy atom. The summed E-state index contributed by atoms with van der Waals surface area (Å²) in [5.74, 6) is 0.197. The van der Waals surface area contributed by atoms with Crippen LogP contribution in [0, 0.1) is 6.92 Å². The Kier molecular flexibility index (Phi) is 2.92. The largest absolute Gasteiger partial charge is 0.358 e. The molecular weight excluding hydrogens is 292 g/mol. The standard InChI is InChI=1S/C17H14N4O2/c1-9-15(11-4-2-3-5-12(11)18-9)16-19-13-7-6-10(17(22)21-23)8-14(13)20-16/h2-8,18,23H,1H3,(H,19,20)(H,21,22). The molecule has 0 aliphatic carbocycles. The number of hydroxylamine groups is 1. The van der Waals surface area contributed by atoms with Gasteiger partial charge in [-0.2, -0.15) is 0 Å². The Morgan fingerprint density at radius 3 is 2.78 bits per heavy atom. The Morgan fingerprint density at radius 2 is 1.96 bits per heavy atom. The van der Waals surface area contributed by atoms with Crippen molar-refractivity contribution in [2.24, 2.45) is 0 Å². The van der Waals surface area contributed by atoms with Crippen LogP contribution in [0.4, 0.5) is 0 Å². The number of fused-ring (bicyclic) bond motifs is 2. The quantitative estimate of drug-likeness (QED) is 0.338. The molecule has 0 atom stereocenters. The summed E-state index contributed by atoms with van der Waals surface area (Å²) in [6.07, 6.45) is 0. The molecule has 0 unspecified atom stereocenters. The molecule has 114 valence electrons. The fourth-order valence-corrected chi connectivity index (χ4v) is 2.92. The first-order chi connectivity index (χ1) is 11.2. The first-order valence-electron chi connectivity index (χ1n) is 7.19. The van der Waals surface area contributed by atoms with E-state index in [4.69, 9.17) is 5.21 Å². The molecule has 0 radical (unpaired) electrons. The van der Waals surface area contributed by atoms with Crippen molar-refractivity contribution in [3.8, 4) is 11.4 Å². The molecule has 2 heterocycles. The minimum atomic E-state index is -0.550. The molecule has 0 spiro atoms. The second-order valence-corrected chi connectivity index (χ2v) is 5.43. The molecule has 23 heavy (non-hydrogen) atoms. The first-order valence-corrected chi connectivity index (χ1v) is 7.19. The smallest absolute Gasteiger partial charge is 0.274 e. The predicted octanol–water partition coefficient (Wildman–Crippen LogP) is 3.14. The number of amides is 1. The van der Waals surface area contributed by atoms with E-state index < -0.39 is 5.91 Å². The highest BCUT2D eigenvalue weighted by molar-refractivity contribution is 5.99. The number of nitrogens with zero attached hydrogens (tertiary/aromatic N) is 1. The summed E-state index contributed by atoms with van der Waals surface area (Å²) >= 11 is 0. The minimum Gasteiger partial charge on any atom is -0.358 e. The molecule has 2 aromatic heterocycles. The number of carbonyl (C=O) groups is 1. The zero-order valence-electron chi connectivity index (χ0n) is 12.3. The van der Waals surface area contributed by atoms with Gasteiger partial charge in [-0.1, -0.05) is 18.2 Å². The van der Waals surface area contributed by atoms with Crippen LogP contribution in [-0.2, 0) is 0 Å². The van der Waals surface area contributed by atoms with Crippen LogP contribution < -0.4 is 5.48 Å². The van der Waals surface area contributed by atoms with Crippen LogP contribution in [0.3, 0.4) is 0 Å². The zero-order chi connectivity index (χ0) is 16.0. The van der Waals surface area contributed by atoms with Crippen molar-refractivity contribution >= 4 is 27.8 Å². The number of imidazole rings is 1. The van der Waals surface area contributed by atoms with Crippen LogP contribution in [0.1, 0.15) is 16.1 Å². The summed E-state index contributed by atoms with van der Waals surface area (Å²) < 4.78 is 0. The Bertz CT molecular complexity index is 1050. The van der Waals surface area contributed by atoms with Gasteiger partial charge < -0.3 is 9.97 Å². The van der Waals surface area contributed by atoms with Crippen LogP contribution in [0.15, 0.2) is 42.5 Å². The lowest BCUT2D eigenvalue weighted by Gasteiger charge is -1.97. The van der Waals surface area contributed by atoms with Gasteiger partial charge in [0.15, 0.2) is 0 Å². The number of aromatic amines is 2. The van der Waals surface area contributed by atoms with Crippen molar-refractivity contribution in [2.75, 3.05) is 0 Å². The molecule has 4 aromatic rings. The summed E-state index contributed by atoms with van der Waals surface area (Å²) in [5, 5.41) is 9.84. The average molecular weight is 306 g/mol. The molecule has 0 saturated heterocycles. The summed E-state index contributed by atoms with van der Waals surface area (Å²) in [5.41, 5.74) is 6.61. The van der Waals surface area contributed by atoms with E-state index in [9.17, 15) is 4.79 Å². The van der Waals surface area contributed by atoms with Crippen LogP contribution in [0.2, 0.25) is 0 Å². The topological polar surface area (TPSA) is 93.8 Å². The number of aromatic nitrogens is 3. The third-order valence-electron chi connectivity index (χ3n) is 3.98. The van der Waals surface area contributed by atoms with Gasteiger partial charge in [0.2, 0.25) is 0 Å². The van der Waals surface area contributed by atoms with E-state index in [0.717, 1.165) is 39.0 Å². The van der Waals surface area contributed by atoms with Crippen LogP contribution in [-0.4, -0.2) is 26.1 Å². The second-order valence-electron chi connectivity index (χ2n) is 5.43. The SMILES string of the molecule is Cc1[nH]c2ccccc2c1-c1nc2ccc(C(=O)NO)cc2[nH]1. The summed E-state index contributed by atoms with van der Waals surface area (Å²) in [6.45, 7) is 2.01. The molecule has 0 bridgehead atoms. The molecule has 0 saturated carbocycles. The van der Waals surface area contributed by atoms with E-state index in [1.165, 1.54) is 0 Å². The van der Waals surface area contributed by atoms with Gasteiger partial charge in [0, 0.05) is 27.7 Å². The summed E-state index contributed by atoms with van der Waals surface area (Å²) in [7, 11) is 0. The summed E-state index contributed by atoms with van der Waals surface area (Å²) in [6, 6.07) is 13.1. The number of nitrogens with one attached hydrogen (secondary N) is 3. The third-order valence-corrected chi connectivity index (χ3v) is 3.98. The average Bonchev–Trinajstić information content (AvgIpc) is 3.12. The highest BCUT2D eigenvalue weighted by atomic mass is 16.5. The van der Waals surface area contributed by atoms with E-state index in [1.54, 1.807) is 23.7 Å². The maximum atomic E-state index is 11.5. The first kappa shape index (κ1) is 13.5. The number of hydrogen-bond donors (Lipinski definition) is 4. The van der Waals surface area contributed by atoms with Crippen molar-refractivity contribution in [1.29, 1.82) is 0 Å². The van der Waals surface area contributed by atoms with Gasteiger partial charge in [-0.3, -0.25) is 10.0 Å². The number of aryl methyl sites for hydroxylation is 1.